The number of carbonyl (C=O) groups excluding carboxylic acids is 1. The number of anilines is 2. The number of pyridine rings is 1. The van der Waals surface area contributed by atoms with Crippen molar-refractivity contribution >= 4 is 43.4 Å². The predicted octanol–water partition coefficient (Wildman–Crippen LogP) is 2.17. The van der Waals surface area contributed by atoms with Gasteiger partial charge in [0.25, 0.3) is 0 Å². The lowest BCUT2D eigenvalue weighted by Gasteiger charge is -2.19. The molecule has 0 bridgehead atoms. The van der Waals surface area contributed by atoms with E-state index < -0.39 is 15.9 Å². The molecule has 0 unspecified atom stereocenters. The van der Waals surface area contributed by atoms with Crippen molar-refractivity contribution in [3.8, 4) is 0 Å². The molecule has 0 aliphatic carbocycles. The average molecular weight is 427 g/mol. The van der Waals surface area contributed by atoms with E-state index in [0.29, 0.717) is 11.5 Å². The Morgan fingerprint density at radius 3 is 2.40 bits per heavy atom. The highest BCUT2D eigenvalue weighted by molar-refractivity contribution is 9.10. The maximum atomic E-state index is 12.5. The highest BCUT2D eigenvalue weighted by atomic mass is 79.9. The van der Waals surface area contributed by atoms with Crippen LogP contribution in [0.15, 0.2) is 52.0 Å². The van der Waals surface area contributed by atoms with Crippen molar-refractivity contribution in [1.82, 2.24) is 9.29 Å². The van der Waals surface area contributed by atoms with Crippen LogP contribution in [-0.4, -0.2) is 51.3 Å². The van der Waals surface area contributed by atoms with Crippen molar-refractivity contribution in [1.29, 1.82) is 0 Å². The number of likely N-dealkylation sites (N-methyl/N-ethyl adjacent to an activating group) is 1. The van der Waals surface area contributed by atoms with E-state index in [1.165, 1.54) is 19.2 Å². The molecule has 0 fully saturated rings. The quantitative estimate of drug-likeness (QED) is 0.764. The lowest BCUT2D eigenvalue weighted by atomic mass is 10.3. The first-order chi connectivity index (χ1) is 11.7. The van der Waals surface area contributed by atoms with Crippen LogP contribution in [0.4, 0.5) is 11.5 Å². The van der Waals surface area contributed by atoms with Crippen LogP contribution >= 0.6 is 15.9 Å². The third-order valence-corrected chi connectivity index (χ3v) is 5.72. The number of halogens is 1. The normalized spacial score (nSPS) is 11.4. The molecule has 1 heterocycles. The van der Waals surface area contributed by atoms with Gasteiger partial charge in [0.05, 0.1) is 17.1 Å². The highest BCUT2D eigenvalue weighted by Crippen LogP contribution is 2.21. The number of hydrogen-bond acceptors (Lipinski definition) is 5. The van der Waals surface area contributed by atoms with Crippen LogP contribution in [0.5, 0.6) is 0 Å². The standard InChI is InChI=1S/C16H19BrN4O3S/c1-20(2)16-14(5-4-10-18-16)19-15(22)11-21(3)25(23,24)13-8-6-12(17)7-9-13/h4-10H,11H2,1-3H3,(H,19,22). The van der Waals surface area contributed by atoms with Crippen LogP contribution in [0.25, 0.3) is 0 Å². The second-order valence-corrected chi connectivity index (χ2v) is 8.49. The molecular formula is C16H19BrN4O3S. The van der Waals surface area contributed by atoms with Gasteiger partial charge < -0.3 is 10.2 Å². The molecular weight excluding hydrogens is 408 g/mol. The van der Waals surface area contributed by atoms with Crippen LogP contribution in [0.2, 0.25) is 0 Å². The molecule has 0 aliphatic heterocycles. The Labute approximate surface area is 155 Å². The van der Waals surface area contributed by atoms with Crippen LogP contribution < -0.4 is 10.2 Å². The van der Waals surface area contributed by atoms with Crippen molar-refractivity contribution < 1.29 is 13.2 Å². The van der Waals surface area contributed by atoms with Gasteiger partial charge in [-0.05, 0) is 36.4 Å². The fraction of sp³-hybridized carbons (Fsp3) is 0.250. The topological polar surface area (TPSA) is 82.6 Å². The average Bonchev–Trinajstić information content (AvgIpc) is 2.55. The molecule has 0 spiro atoms. The number of hydrogen-bond donors (Lipinski definition) is 1. The molecule has 1 aromatic carbocycles. The summed E-state index contributed by atoms with van der Waals surface area (Å²) >= 11 is 3.26. The summed E-state index contributed by atoms with van der Waals surface area (Å²) in [5.74, 6) is 0.147. The third-order valence-electron chi connectivity index (χ3n) is 3.37. The second kappa shape index (κ2) is 7.94. The Morgan fingerprint density at radius 1 is 1.16 bits per heavy atom. The van der Waals surface area contributed by atoms with Gasteiger partial charge in [0.1, 0.15) is 0 Å². The van der Waals surface area contributed by atoms with Crippen molar-refractivity contribution in [3.63, 3.8) is 0 Å². The molecule has 0 aliphatic rings. The lowest BCUT2D eigenvalue weighted by Crippen LogP contribution is -2.35. The second-order valence-electron chi connectivity index (χ2n) is 5.53. The van der Waals surface area contributed by atoms with E-state index in [1.54, 1.807) is 35.4 Å². The number of benzene rings is 1. The lowest BCUT2D eigenvalue weighted by molar-refractivity contribution is -0.116. The molecule has 2 rings (SSSR count). The van der Waals surface area contributed by atoms with E-state index in [4.69, 9.17) is 0 Å². The zero-order valence-electron chi connectivity index (χ0n) is 14.1. The molecule has 0 saturated heterocycles. The van der Waals surface area contributed by atoms with Gasteiger partial charge in [0, 0.05) is 31.8 Å². The molecule has 1 aromatic heterocycles. The number of nitrogens with one attached hydrogen (secondary N) is 1. The molecule has 0 saturated carbocycles. The summed E-state index contributed by atoms with van der Waals surface area (Å²) in [7, 11) is 1.24. The number of aromatic nitrogens is 1. The van der Waals surface area contributed by atoms with Gasteiger partial charge in [-0.1, -0.05) is 15.9 Å². The first kappa shape index (κ1) is 19.4. The van der Waals surface area contributed by atoms with Crippen molar-refractivity contribution in [3.05, 3.63) is 47.1 Å². The van der Waals surface area contributed by atoms with Gasteiger partial charge in [0.2, 0.25) is 15.9 Å². The van der Waals surface area contributed by atoms with Gasteiger partial charge in [-0.15, -0.1) is 0 Å². The Morgan fingerprint density at radius 2 is 1.80 bits per heavy atom. The van der Waals surface area contributed by atoms with Crippen molar-refractivity contribution in [2.75, 3.05) is 37.9 Å². The number of amides is 1. The van der Waals surface area contributed by atoms with E-state index in [2.05, 4.69) is 26.2 Å². The molecule has 0 radical (unpaired) electrons. The molecule has 0 atom stereocenters. The number of sulfonamides is 1. The van der Waals surface area contributed by atoms with Crippen molar-refractivity contribution in [2.24, 2.45) is 0 Å². The summed E-state index contributed by atoms with van der Waals surface area (Å²) < 4.78 is 26.8. The molecule has 9 heteroatoms. The fourth-order valence-corrected chi connectivity index (χ4v) is 3.51. The van der Waals surface area contributed by atoms with E-state index in [1.807, 2.05) is 14.1 Å². The summed E-state index contributed by atoms with van der Waals surface area (Å²) in [5.41, 5.74) is 0.520. The zero-order chi connectivity index (χ0) is 18.6. The highest BCUT2D eigenvalue weighted by Gasteiger charge is 2.23. The predicted molar refractivity (Wildman–Crippen MR) is 101 cm³/mol. The molecule has 7 nitrogen and oxygen atoms in total. The van der Waals surface area contributed by atoms with E-state index in [0.717, 1.165) is 8.78 Å². The van der Waals surface area contributed by atoms with Gasteiger partial charge in [-0.25, -0.2) is 13.4 Å². The minimum atomic E-state index is -3.74. The van der Waals surface area contributed by atoms with E-state index in [9.17, 15) is 13.2 Å². The summed E-state index contributed by atoms with van der Waals surface area (Å²) in [4.78, 5) is 18.3. The van der Waals surface area contributed by atoms with E-state index in [-0.39, 0.29) is 11.4 Å². The minimum absolute atomic E-state index is 0.126. The van der Waals surface area contributed by atoms with Gasteiger partial charge in [-0.3, -0.25) is 4.79 Å². The number of carbonyl (C=O) groups is 1. The van der Waals surface area contributed by atoms with Gasteiger partial charge >= 0.3 is 0 Å². The van der Waals surface area contributed by atoms with Gasteiger partial charge in [0.15, 0.2) is 5.82 Å². The van der Waals surface area contributed by atoms with Crippen LogP contribution in [0.3, 0.4) is 0 Å². The maximum Gasteiger partial charge on any atom is 0.243 e. The monoisotopic (exact) mass is 426 g/mol. The summed E-state index contributed by atoms with van der Waals surface area (Å²) in [6.07, 6.45) is 1.62. The third kappa shape index (κ3) is 4.77. The fourth-order valence-electron chi connectivity index (χ4n) is 2.11. The van der Waals surface area contributed by atoms with Gasteiger partial charge in [-0.2, -0.15) is 4.31 Å². The number of nitrogens with zero attached hydrogens (tertiary/aromatic N) is 3. The first-order valence-corrected chi connectivity index (χ1v) is 9.59. The van der Waals surface area contributed by atoms with E-state index >= 15 is 0 Å². The Balaban J connectivity index is 2.11. The first-order valence-electron chi connectivity index (χ1n) is 7.36. The smallest absolute Gasteiger partial charge is 0.243 e. The SMILES string of the molecule is CN(C)c1ncccc1NC(=O)CN(C)S(=O)(=O)c1ccc(Br)cc1. The molecule has 1 amide bonds. The van der Waals surface area contributed by atoms with Crippen molar-refractivity contribution in [2.45, 2.75) is 4.90 Å². The number of rotatable bonds is 6. The summed E-state index contributed by atoms with van der Waals surface area (Å²) in [5, 5.41) is 2.70. The molecule has 2 aromatic rings. The Hall–Kier alpha value is -1.97. The largest absolute Gasteiger partial charge is 0.361 e. The Bertz CT molecular complexity index is 854. The summed E-state index contributed by atoms with van der Waals surface area (Å²) in [6.45, 7) is -0.305. The Kier molecular flexibility index (Phi) is 6.15. The maximum absolute atomic E-state index is 12.5. The van der Waals surface area contributed by atoms with Crippen LogP contribution in [0.1, 0.15) is 0 Å². The zero-order valence-corrected chi connectivity index (χ0v) is 16.5. The summed E-state index contributed by atoms with van der Waals surface area (Å²) in [6, 6.07) is 9.66. The van der Waals surface area contributed by atoms with Crippen LogP contribution in [0, 0.1) is 0 Å². The minimum Gasteiger partial charge on any atom is -0.361 e. The molecule has 1 N–H and O–H groups in total. The molecule has 25 heavy (non-hydrogen) atoms. The van der Waals surface area contributed by atoms with Crippen LogP contribution in [-0.2, 0) is 14.8 Å². The molecule has 134 valence electrons.